The van der Waals surface area contributed by atoms with Crippen LogP contribution in [0.1, 0.15) is 34.2 Å². The molecule has 0 aromatic heterocycles. The minimum Gasteiger partial charge on any atom is -0.496 e. The number of nitro groups is 1. The molecule has 0 bridgehead atoms. The van der Waals surface area contributed by atoms with Crippen LogP contribution in [0.25, 0.3) is 12.2 Å². The maximum absolute atomic E-state index is 14.0. The zero-order chi connectivity index (χ0) is 23.5. The van der Waals surface area contributed by atoms with E-state index in [1.807, 2.05) is 19.1 Å². The van der Waals surface area contributed by atoms with Crippen molar-refractivity contribution in [2.24, 2.45) is 0 Å². The number of hydrogen-bond donors (Lipinski definition) is 0. The van der Waals surface area contributed by atoms with Crippen LogP contribution in [0.15, 0.2) is 42.5 Å². The predicted octanol–water partition coefficient (Wildman–Crippen LogP) is 6.51. The number of ether oxygens (including phenoxy) is 3. The fourth-order valence-electron chi connectivity index (χ4n) is 4.17. The van der Waals surface area contributed by atoms with Gasteiger partial charge in [-0.25, -0.2) is 4.39 Å². The first kappa shape index (κ1) is 22.3. The van der Waals surface area contributed by atoms with Crippen LogP contribution < -0.4 is 14.2 Å². The van der Waals surface area contributed by atoms with Crippen LogP contribution in [0.4, 0.5) is 10.1 Å². The lowest BCUT2D eigenvalue weighted by molar-refractivity contribution is -0.385. The smallest absolute Gasteiger partial charge is 0.273 e. The Hall–Kier alpha value is -3.87. The van der Waals surface area contributed by atoms with Gasteiger partial charge in [-0.15, -0.1) is 0 Å². The standard InChI is InChI=1S/C26H24FNO5/c1-16-13-23(28(29)30)20-5-4-6-21(20)26(16)33-19-10-12-24(31-2)18(15-19)9-7-17-8-11-25(32-3)22(27)14-17/h7-15H,4-6H2,1-3H3/b9-7+. The molecule has 33 heavy (non-hydrogen) atoms. The molecule has 3 aromatic carbocycles. The molecule has 0 heterocycles. The maximum atomic E-state index is 14.0. The van der Waals surface area contributed by atoms with E-state index in [4.69, 9.17) is 14.2 Å². The first-order valence-corrected chi connectivity index (χ1v) is 10.6. The van der Waals surface area contributed by atoms with Gasteiger partial charge < -0.3 is 14.2 Å². The molecule has 6 nitrogen and oxygen atoms in total. The highest BCUT2D eigenvalue weighted by Gasteiger charge is 2.27. The average Bonchev–Trinajstić information content (AvgIpc) is 3.29. The number of halogens is 1. The Morgan fingerprint density at radius 1 is 0.970 bits per heavy atom. The molecule has 0 aliphatic heterocycles. The van der Waals surface area contributed by atoms with Gasteiger partial charge in [0.05, 0.1) is 19.1 Å². The number of nitrogens with zero attached hydrogens (tertiary/aromatic N) is 1. The average molecular weight is 449 g/mol. The van der Waals surface area contributed by atoms with E-state index in [9.17, 15) is 14.5 Å². The summed E-state index contributed by atoms with van der Waals surface area (Å²) in [7, 11) is 3.00. The summed E-state index contributed by atoms with van der Waals surface area (Å²) < 4.78 is 30.7. The first-order chi connectivity index (χ1) is 15.9. The molecule has 170 valence electrons. The van der Waals surface area contributed by atoms with Crippen molar-refractivity contribution in [2.75, 3.05) is 14.2 Å². The Morgan fingerprint density at radius 3 is 2.39 bits per heavy atom. The third-order valence-electron chi connectivity index (χ3n) is 5.76. The minimum absolute atomic E-state index is 0.164. The van der Waals surface area contributed by atoms with Crippen molar-refractivity contribution < 1.29 is 23.5 Å². The van der Waals surface area contributed by atoms with Crippen LogP contribution >= 0.6 is 0 Å². The van der Waals surface area contributed by atoms with Gasteiger partial charge in [-0.05, 0) is 67.6 Å². The van der Waals surface area contributed by atoms with Crippen LogP contribution in [0, 0.1) is 22.9 Å². The molecule has 0 unspecified atom stereocenters. The van der Waals surface area contributed by atoms with Crippen molar-refractivity contribution in [1.82, 2.24) is 0 Å². The molecule has 1 aliphatic rings. The quantitative estimate of drug-likeness (QED) is 0.234. The zero-order valence-electron chi connectivity index (χ0n) is 18.7. The lowest BCUT2D eigenvalue weighted by atomic mass is 10.0. The molecule has 0 atom stereocenters. The fourth-order valence-corrected chi connectivity index (χ4v) is 4.17. The molecule has 1 aliphatic carbocycles. The third-order valence-corrected chi connectivity index (χ3v) is 5.76. The van der Waals surface area contributed by atoms with E-state index < -0.39 is 5.82 Å². The second-order valence-electron chi connectivity index (χ2n) is 7.84. The van der Waals surface area contributed by atoms with Gasteiger partial charge in [-0.1, -0.05) is 18.2 Å². The number of methoxy groups -OCH3 is 2. The molecule has 7 heteroatoms. The highest BCUT2D eigenvalue weighted by Crippen LogP contribution is 2.42. The second kappa shape index (κ2) is 9.32. The van der Waals surface area contributed by atoms with Gasteiger partial charge in [0, 0.05) is 22.8 Å². The summed E-state index contributed by atoms with van der Waals surface area (Å²) in [5, 5.41) is 11.5. The largest absolute Gasteiger partial charge is 0.496 e. The van der Waals surface area contributed by atoms with Gasteiger partial charge in [0.25, 0.3) is 5.69 Å². The van der Waals surface area contributed by atoms with Gasteiger partial charge in [-0.3, -0.25) is 10.1 Å². The Kier molecular flexibility index (Phi) is 6.31. The van der Waals surface area contributed by atoms with Gasteiger partial charge in [-0.2, -0.15) is 0 Å². The SMILES string of the molecule is COc1ccc(/C=C/c2cc(Oc3c(C)cc([N+](=O)[O-])c4c3CCC4)ccc2OC)cc1F. The molecule has 0 fully saturated rings. The summed E-state index contributed by atoms with van der Waals surface area (Å²) in [5.74, 6) is 1.64. The molecule has 0 N–H and O–H groups in total. The highest BCUT2D eigenvalue weighted by atomic mass is 19.1. The number of aryl methyl sites for hydroxylation is 1. The number of nitro benzene ring substituents is 1. The van der Waals surface area contributed by atoms with Crippen LogP contribution in [0.5, 0.6) is 23.0 Å². The fraction of sp³-hybridized carbons (Fsp3) is 0.231. The number of hydrogen-bond acceptors (Lipinski definition) is 5. The Bertz CT molecular complexity index is 1250. The van der Waals surface area contributed by atoms with Crippen molar-refractivity contribution in [1.29, 1.82) is 0 Å². The Labute approximate surface area is 191 Å². The van der Waals surface area contributed by atoms with Gasteiger partial charge in [0.1, 0.15) is 17.2 Å². The molecule has 3 aromatic rings. The van der Waals surface area contributed by atoms with Crippen LogP contribution in [0.2, 0.25) is 0 Å². The summed E-state index contributed by atoms with van der Waals surface area (Å²) in [6.07, 6.45) is 5.89. The topological polar surface area (TPSA) is 70.8 Å². The highest BCUT2D eigenvalue weighted by molar-refractivity contribution is 5.74. The monoisotopic (exact) mass is 449 g/mol. The van der Waals surface area contributed by atoms with Gasteiger partial charge in [0.15, 0.2) is 11.6 Å². The molecule has 0 saturated carbocycles. The van der Waals surface area contributed by atoms with Crippen molar-refractivity contribution in [3.8, 4) is 23.0 Å². The predicted molar refractivity (Wildman–Crippen MR) is 125 cm³/mol. The molecule has 0 saturated heterocycles. The van der Waals surface area contributed by atoms with E-state index in [0.29, 0.717) is 29.2 Å². The van der Waals surface area contributed by atoms with E-state index in [0.717, 1.165) is 35.1 Å². The normalized spacial score (nSPS) is 12.6. The van der Waals surface area contributed by atoms with Crippen molar-refractivity contribution in [3.63, 3.8) is 0 Å². The summed E-state index contributed by atoms with van der Waals surface area (Å²) in [6.45, 7) is 1.82. The van der Waals surface area contributed by atoms with Crippen LogP contribution in [-0.4, -0.2) is 19.1 Å². The maximum Gasteiger partial charge on any atom is 0.273 e. The second-order valence-corrected chi connectivity index (χ2v) is 7.84. The van der Waals surface area contributed by atoms with Gasteiger partial charge >= 0.3 is 0 Å². The summed E-state index contributed by atoms with van der Waals surface area (Å²) in [4.78, 5) is 11.1. The molecule has 0 amide bonds. The minimum atomic E-state index is -0.439. The molecule has 0 spiro atoms. The van der Waals surface area contributed by atoms with Gasteiger partial charge in [0.2, 0.25) is 0 Å². The number of benzene rings is 3. The van der Waals surface area contributed by atoms with Crippen molar-refractivity contribution >= 4 is 17.8 Å². The zero-order valence-corrected chi connectivity index (χ0v) is 18.7. The van der Waals surface area contributed by atoms with Crippen molar-refractivity contribution in [3.05, 3.63) is 86.2 Å². The summed E-state index contributed by atoms with van der Waals surface area (Å²) in [6, 6.07) is 11.7. The summed E-state index contributed by atoms with van der Waals surface area (Å²) in [5.41, 5.74) is 3.98. The van der Waals surface area contributed by atoms with Crippen molar-refractivity contribution in [2.45, 2.75) is 26.2 Å². The van der Waals surface area contributed by atoms with E-state index in [1.54, 1.807) is 43.5 Å². The molecular weight excluding hydrogens is 425 g/mol. The molecular formula is C26H24FNO5. The Balaban J connectivity index is 1.66. The summed E-state index contributed by atoms with van der Waals surface area (Å²) >= 11 is 0. The Morgan fingerprint density at radius 2 is 1.70 bits per heavy atom. The van der Waals surface area contributed by atoms with Crippen LogP contribution in [0.3, 0.4) is 0 Å². The molecule has 4 rings (SSSR count). The van der Waals surface area contributed by atoms with E-state index in [1.165, 1.54) is 13.2 Å². The van der Waals surface area contributed by atoms with E-state index >= 15 is 0 Å². The van der Waals surface area contributed by atoms with E-state index in [2.05, 4.69) is 0 Å². The number of rotatable bonds is 7. The molecule has 0 radical (unpaired) electrons. The lowest BCUT2D eigenvalue weighted by Gasteiger charge is -2.15. The number of fused-ring (bicyclic) bond motifs is 1. The lowest BCUT2D eigenvalue weighted by Crippen LogP contribution is -2.00. The van der Waals surface area contributed by atoms with Crippen LogP contribution in [-0.2, 0) is 12.8 Å². The van der Waals surface area contributed by atoms with E-state index in [-0.39, 0.29) is 16.4 Å². The first-order valence-electron chi connectivity index (χ1n) is 10.6. The third kappa shape index (κ3) is 4.53.